The molecule has 2 aromatic rings. The van der Waals surface area contributed by atoms with E-state index >= 15 is 0 Å². The number of ether oxygens (including phenoxy) is 2. The maximum atomic E-state index is 11.9. The fourth-order valence-electron chi connectivity index (χ4n) is 10.3. The van der Waals surface area contributed by atoms with E-state index in [-0.39, 0.29) is 17.6 Å². The van der Waals surface area contributed by atoms with Crippen LogP contribution in [-0.4, -0.2) is 24.4 Å². The third-order valence-electron chi connectivity index (χ3n) is 11.9. The SMILES string of the molecule is CCCc1cc(CCC)c(C(c2c(CCC)cc(CCC)cc2CCC)(C2CCC(OC(N)=O)CC2)C2CCC(OC(N)=O)CC2)c(CCC)c1. The first kappa shape index (κ1) is 40.7. The van der Waals surface area contributed by atoms with Crippen molar-refractivity contribution in [3.63, 3.8) is 0 Å². The van der Waals surface area contributed by atoms with Crippen LogP contribution in [0.15, 0.2) is 24.3 Å². The monoisotopic (exact) mass is 703 g/mol. The van der Waals surface area contributed by atoms with Crippen LogP contribution in [0.4, 0.5) is 9.59 Å². The van der Waals surface area contributed by atoms with Crippen molar-refractivity contribution in [2.24, 2.45) is 23.3 Å². The molecule has 0 bridgehead atoms. The van der Waals surface area contributed by atoms with Crippen molar-refractivity contribution >= 4 is 12.2 Å². The second-order valence-electron chi connectivity index (χ2n) is 15.8. The number of primary amides is 2. The largest absolute Gasteiger partial charge is 0.446 e. The number of nitrogens with two attached hydrogens (primary N) is 2. The minimum atomic E-state index is -0.665. The van der Waals surface area contributed by atoms with Crippen LogP contribution < -0.4 is 11.5 Å². The molecule has 284 valence electrons. The van der Waals surface area contributed by atoms with Gasteiger partial charge in [0.1, 0.15) is 12.2 Å². The third kappa shape index (κ3) is 9.70. The summed E-state index contributed by atoms with van der Waals surface area (Å²) in [4.78, 5) is 23.9. The van der Waals surface area contributed by atoms with Gasteiger partial charge in [-0.1, -0.05) is 104 Å². The zero-order chi connectivity index (χ0) is 37.0. The lowest BCUT2D eigenvalue weighted by Gasteiger charge is -2.54. The van der Waals surface area contributed by atoms with Gasteiger partial charge in [0.25, 0.3) is 0 Å². The molecule has 0 unspecified atom stereocenters. The van der Waals surface area contributed by atoms with Gasteiger partial charge in [-0.3, -0.25) is 0 Å². The van der Waals surface area contributed by atoms with Crippen LogP contribution in [0.1, 0.15) is 176 Å². The second-order valence-corrected chi connectivity index (χ2v) is 15.8. The number of hydrogen-bond donors (Lipinski definition) is 2. The van der Waals surface area contributed by atoms with Gasteiger partial charge in [-0.25, -0.2) is 9.59 Å². The molecule has 51 heavy (non-hydrogen) atoms. The quantitative estimate of drug-likeness (QED) is 0.161. The van der Waals surface area contributed by atoms with Crippen LogP contribution in [-0.2, 0) is 53.4 Å². The lowest BCUT2D eigenvalue weighted by atomic mass is 9.49. The maximum Gasteiger partial charge on any atom is 0.404 e. The first-order valence-electron chi connectivity index (χ1n) is 20.9. The Balaban J connectivity index is 2.16. The Morgan fingerprint density at radius 1 is 0.510 bits per heavy atom. The highest BCUT2D eigenvalue weighted by Gasteiger charge is 2.53. The Morgan fingerprint density at radius 3 is 1.02 bits per heavy atom. The smallest absolute Gasteiger partial charge is 0.404 e. The molecule has 2 saturated carbocycles. The molecule has 0 aromatic heterocycles. The van der Waals surface area contributed by atoms with E-state index < -0.39 is 12.2 Å². The van der Waals surface area contributed by atoms with Crippen molar-refractivity contribution in [2.75, 3.05) is 0 Å². The average molecular weight is 703 g/mol. The number of rotatable bonds is 18. The van der Waals surface area contributed by atoms with Crippen LogP contribution in [0.3, 0.4) is 0 Å². The number of carbonyl (C=O) groups is 2. The number of amides is 2. The summed E-state index contributed by atoms with van der Waals surface area (Å²) >= 11 is 0. The van der Waals surface area contributed by atoms with Crippen molar-refractivity contribution in [1.82, 2.24) is 0 Å². The van der Waals surface area contributed by atoms with E-state index in [2.05, 4.69) is 65.8 Å². The highest BCUT2D eigenvalue weighted by molar-refractivity contribution is 5.65. The molecule has 2 aromatic carbocycles. The maximum absolute atomic E-state index is 11.9. The highest BCUT2D eigenvalue weighted by atomic mass is 16.6. The lowest BCUT2D eigenvalue weighted by Crippen LogP contribution is -2.50. The summed E-state index contributed by atoms with van der Waals surface area (Å²) in [6, 6.07) is 10.4. The minimum Gasteiger partial charge on any atom is -0.446 e. The molecule has 2 aliphatic carbocycles. The van der Waals surface area contributed by atoms with Gasteiger partial charge in [-0.05, 0) is 146 Å². The Bertz CT molecular complexity index is 1260. The van der Waals surface area contributed by atoms with Gasteiger partial charge in [0.15, 0.2) is 0 Å². The van der Waals surface area contributed by atoms with Crippen molar-refractivity contribution < 1.29 is 19.1 Å². The first-order chi connectivity index (χ1) is 24.7. The van der Waals surface area contributed by atoms with E-state index in [0.29, 0.717) is 11.8 Å². The fraction of sp³-hybridized carbons (Fsp3) is 0.689. The third-order valence-corrected chi connectivity index (χ3v) is 11.9. The molecule has 0 saturated heterocycles. The molecule has 0 aliphatic heterocycles. The summed E-state index contributed by atoms with van der Waals surface area (Å²) in [6.45, 7) is 13.9. The Morgan fingerprint density at radius 2 is 0.784 bits per heavy atom. The van der Waals surface area contributed by atoms with E-state index in [1.807, 2.05) is 0 Å². The van der Waals surface area contributed by atoms with Gasteiger partial charge in [-0.2, -0.15) is 0 Å². The number of aryl methyl sites for hydroxylation is 6. The van der Waals surface area contributed by atoms with E-state index in [4.69, 9.17) is 20.9 Å². The Hall–Kier alpha value is -3.02. The molecule has 2 amide bonds. The van der Waals surface area contributed by atoms with Crippen LogP contribution in [0.2, 0.25) is 0 Å². The summed E-state index contributed by atoms with van der Waals surface area (Å²) in [5.41, 5.74) is 23.3. The van der Waals surface area contributed by atoms with Crippen molar-refractivity contribution in [3.05, 3.63) is 68.8 Å². The molecule has 0 spiro atoms. The molecule has 6 heteroatoms. The number of benzene rings is 2. The Kier molecular flexibility index (Phi) is 15.8. The van der Waals surface area contributed by atoms with Gasteiger partial charge in [0.05, 0.1) is 0 Å². The molecule has 4 rings (SSSR count). The zero-order valence-corrected chi connectivity index (χ0v) is 33.0. The predicted molar refractivity (Wildman–Crippen MR) is 210 cm³/mol. The van der Waals surface area contributed by atoms with Crippen LogP contribution in [0, 0.1) is 11.8 Å². The first-order valence-corrected chi connectivity index (χ1v) is 20.9. The van der Waals surface area contributed by atoms with Crippen molar-refractivity contribution in [2.45, 2.75) is 188 Å². The van der Waals surface area contributed by atoms with Gasteiger partial charge in [0.2, 0.25) is 0 Å². The number of carbonyl (C=O) groups excluding carboxylic acids is 2. The standard InChI is InChI=1S/C45H70N2O4/c1-7-13-31-27-33(15-9-3)41(34(28-31)16-10-4)45(37-19-23-39(24-20-37)50-43(46)48,38-21-25-40(26-22-38)51-44(47)49)42-35(17-11-5)29-32(14-8-2)30-36(42)18-12-6/h27-30,37-40H,7-26H2,1-6H3,(H2,46,48)(H2,47,49). The lowest BCUT2D eigenvalue weighted by molar-refractivity contribution is 0.0270. The van der Waals surface area contributed by atoms with Crippen molar-refractivity contribution in [3.8, 4) is 0 Å². The zero-order valence-electron chi connectivity index (χ0n) is 33.0. The summed E-state index contributed by atoms with van der Waals surface area (Å²) in [5, 5.41) is 0. The van der Waals surface area contributed by atoms with Gasteiger partial charge >= 0.3 is 12.2 Å². The van der Waals surface area contributed by atoms with E-state index in [9.17, 15) is 9.59 Å². The van der Waals surface area contributed by atoms with E-state index in [1.165, 1.54) is 11.1 Å². The van der Waals surface area contributed by atoms with Crippen LogP contribution in [0.5, 0.6) is 0 Å². The summed E-state index contributed by atoms with van der Waals surface area (Å²) in [7, 11) is 0. The molecular weight excluding hydrogens is 633 g/mol. The minimum absolute atomic E-state index is 0.134. The normalized spacial score (nSPS) is 21.0. The molecule has 2 aliphatic rings. The van der Waals surface area contributed by atoms with Gasteiger partial charge in [-0.15, -0.1) is 0 Å². The van der Waals surface area contributed by atoms with Crippen LogP contribution in [0.25, 0.3) is 0 Å². The molecule has 6 nitrogen and oxygen atoms in total. The molecule has 4 N–H and O–H groups in total. The average Bonchev–Trinajstić information content (AvgIpc) is 3.08. The number of hydrogen-bond acceptors (Lipinski definition) is 4. The van der Waals surface area contributed by atoms with E-state index in [1.54, 1.807) is 33.4 Å². The van der Waals surface area contributed by atoms with Crippen LogP contribution >= 0.6 is 0 Å². The molecular formula is C45H70N2O4. The highest BCUT2D eigenvalue weighted by Crippen LogP contribution is 2.59. The fourth-order valence-corrected chi connectivity index (χ4v) is 10.3. The summed E-state index contributed by atoms with van der Waals surface area (Å²) in [6.07, 6.45) is 18.8. The second kappa shape index (κ2) is 19.7. The molecule has 2 fully saturated rings. The van der Waals surface area contributed by atoms with Crippen molar-refractivity contribution in [1.29, 1.82) is 0 Å². The predicted octanol–water partition coefficient (Wildman–Crippen LogP) is 11.0. The topological polar surface area (TPSA) is 105 Å². The van der Waals surface area contributed by atoms with Gasteiger partial charge in [0, 0.05) is 5.41 Å². The molecule has 0 heterocycles. The Labute approximate surface area is 310 Å². The summed E-state index contributed by atoms with van der Waals surface area (Å²) < 4.78 is 11.3. The summed E-state index contributed by atoms with van der Waals surface area (Å²) in [5.74, 6) is 0.741. The van der Waals surface area contributed by atoms with E-state index in [0.717, 1.165) is 128 Å². The molecule has 0 atom stereocenters. The molecule has 0 radical (unpaired) electrons. The van der Waals surface area contributed by atoms with Gasteiger partial charge < -0.3 is 20.9 Å².